The predicted molar refractivity (Wildman–Crippen MR) is 108 cm³/mol. The molecule has 0 radical (unpaired) electrons. The van der Waals surface area contributed by atoms with Crippen molar-refractivity contribution >= 4 is 11.6 Å². The Morgan fingerprint density at radius 1 is 1.07 bits per heavy atom. The van der Waals surface area contributed by atoms with E-state index in [2.05, 4.69) is 26.1 Å². The molecular formula is C23H24N2O3. The number of hydrogen-bond donors (Lipinski definition) is 2. The SMILES string of the molecule is CC(C)(C)c1ccc(Oc2ccc(NC(=O)C(C#N)=C(O)C3CC3)cc2)cc1. The Kier molecular flexibility index (Phi) is 5.41. The van der Waals surface area contributed by atoms with Crippen LogP contribution in [0.15, 0.2) is 59.9 Å². The molecule has 0 aliphatic heterocycles. The Bertz CT molecular complexity index is 926. The lowest BCUT2D eigenvalue weighted by Crippen LogP contribution is -2.15. The third-order valence-electron chi connectivity index (χ3n) is 4.63. The van der Waals surface area contributed by atoms with Crippen LogP contribution in [0, 0.1) is 17.2 Å². The van der Waals surface area contributed by atoms with Crippen molar-refractivity contribution in [3.63, 3.8) is 0 Å². The van der Waals surface area contributed by atoms with Crippen LogP contribution in [-0.4, -0.2) is 11.0 Å². The van der Waals surface area contributed by atoms with Gasteiger partial charge in [0.2, 0.25) is 0 Å². The van der Waals surface area contributed by atoms with Gasteiger partial charge in [0.1, 0.15) is 23.3 Å². The number of benzene rings is 2. The van der Waals surface area contributed by atoms with Crippen LogP contribution >= 0.6 is 0 Å². The van der Waals surface area contributed by atoms with Crippen LogP contribution in [0.5, 0.6) is 11.5 Å². The molecule has 0 atom stereocenters. The zero-order chi connectivity index (χ0) is 20.3. The predicted octanol–water partition coefficient (Wildman–Crippen LogP) is 5.46. The lowest BCUT2D eigenvalue weighted by Gasteiger charge is -2.19. The first-order chi connectivity index (χ1) is 13.3. The summed E-state index contributed by atoms with van der Waals surface area (Å²) in [4.78, 5) is 12.2. The molecule has 1 aliphatic rings. The fourth-order valence-electron chi connectivity index (χ4n) is 2.74. The van der Waals surface area contributed by atoms with E-state index < -0.39 is 5.91 Å². The van der Waals surface area contributed by atoms with Gasteiger partial charge >= 0.3 is 0 Å². The Hall–Kier alpha value is -3.26. The molecule has 0 unspecified atom stereocenters. The average Bonchev–Trinajstić information content (AvgIpc) is 3.49. The van der Waals surface area contributed by atoms with Crippen LogP contribution in [0.3, 0.4) is 0 Å². The number of rotatable bonds is 5. The summed E-state index contributed by atoms with van der Waals surface area (Å²) in [5, 5.41) is 21.7. The molecule has 1 saturated carbocycles. The van der Waals surface area contributed by atoms with E-state index in [9.17, 15) is 9.90 Å². The highest BCUT2D eigenvalue weighted by Gasteiger charge is 2.30. The molecule has 2 aromatic rings. The molecule has 0 spiro atoms. The van der Waals surface area contributed by atoms with Crippen molar-refractivity contribution in [1.82, 2.24) is 0 Å². The maximum Gasteiger partial charge on any atom is 0.269 e. The topological polar surface area (TPSA) is 82.3 Å². The van der Waals surface area contributed by atoms with Gasteiger partial charge in [0, 0.05) is 11.6 Å². The second-order valence-electron chi connectivity index (χ2n) is 8.00. The fourth-order valence-corrected chi connectivity index (χ4v) is 2.74. The molecule has 0 heterocycles. The zero-order valence-corrected chi connectivity index (χ0v) is 16.3. The summed E-state index contributed by atoms with van der Waals surface area (Å²) in [6.45, 7) is 6.48. The van der Waals surface area contributed by atoms with Gasteiger partial charge in [-0.25, -0.2) is 0 Å². The van der Waals surface area contributed by atoms with Gasteiger partial charge < -0.3 is 15.2 Å². The van der Waals surface area contributed by atoms with E-state index in [0.717, 1.165) is 18.6 Å². The number of nitrogens with zero attached hydrogens (tertiary/aromatic N) is 1. The van der Waals surface area contributed by atoms with Crippen molar-refractivity contribution in [3.8, 4) is 17.6 Å². The van der Waals surface area contributed by atoms with Gasteiger partial charge in [-0.2, -0.15) is 5.26 Å². The molecular weight excluding hydrogens is 352 g/mol. The van der Waals surface area contributed by atoms with Crippen molar-refractivity contribution in [1.29, 1.82) is 5.26 Å². The van der Waals surface area contributed by atoms with Gasteiger partial charge in [0.15, 0.2) is 5.57 Å². The Labute approximate surface area is 165 Å². The Balaban J connectivity index is 1.64. The van der Waals surface area contributed by atoms with Gasteiger partial charge in [-0.3, -0.25) is 4.79 Å². The lowest BCUT2D eigenvalue weighted by atomic mass is 9.87. The van der Waals surface area contributed by atoms with Gasteiger partial charge in [0.05, 0.1) is 0 Å². The molecule has 3 rings (SSSR count). The smallest absolute Gasteiger partial charge is 0.269 e. The standard InChI is InChI=1S/C23H24N2O3/c1-23(2,3)16-6-10-18(11-7-16)28-19-12-8-17(9-13-19)25-22(27)20(14-24)21(26)15-4-5-15/h6-13,15,26H,4-5H2,1-3H3,(H,25,27). The number of aliphatic hydroxyl groups excluding tert-OH is 1. The molecule has 1 amide bonds. The summed E-state index contributed by atoms with van der Waals surface area (Å²) in [7, 11) is 0. The van der Waals surface area contributed by atoms with E-state index in [1.54, 1.807) is 30.3 Å². The van der Waals surface area contributed by atoms with Crippen molar-refractivity contribution in [2.45, 2.75) is 39.0 Å². The molecule has 1 fully saturated rings. The number of ether oxygens (including phenoxy) is 1. The average molecular weight is 376 g/mol. The summed E-state index contributed by atoms with van der Waals surface area (Å²) < 4.78 is 5.84. The molecule has 0 bridgehead atoms. The van der Waals surface area contributed by atoms with Crippen molar-refractivity contribution in [3.05, 3.63) is 65.4 Å². The minimum atomic E-state index is -0.599. The number of anilines is 1. The first-order valence-electron chi connectivity index (χ1n) is 9.31. The minimum absolute atomic E-state index is 0.0548. The van der Waals surface area contributed by atoms with Gasteiger partial charge in [-0.05, 0) is 60.2 Å². The van der Waals surface area contributed by atoms with Crippen LogP contribution in [0.25, 0.3) is 0 Å². The summed E-state index contributed by atoms with van der Waals surface area (Å²) >= 11 is 0. The number of nitriles is 1. The lowest BCUT2D eigenvalue weighted by molar-refractivity contribution is -0.112. The highest BCUT2D eigenvalue weighted by Crippen LogP contribution is 2.36. The molecule has 5 heteroatoms. The Morgan fingerprint density at radius 3 is 2.07 bits per heavy atom. The maximum atomic E-state index is 12.2. The van der Waals surface area contributed by atoms with Crippen molar-refractivity contribution in [2.75, 3.05) is 5.32 Å². The van der Waals surface area contributed by atoms with E-state index in [1.807, 2.05) is 24.3 Å². The molecule has 2 aromatic carbocycles. The quantitative estimate of drug-likeness (QED) is 0.412. The van der Waals surface area contributed by atoms with Crippen LogP contribution in [0.1, 0.15) is 39.2 Å². The largest absolute Gasteiger partial charge is 0.510 e. The van der Waals surface area contributed by atoms with E-state index in [1.165, 1.54) is 5.56 Å². The summed E-state index contributed by atoms with van der Waals surface area (Å²) in [5.41, 5.74) is 1.62. The minimum Gasteiger partial charge on any atom is -0.510 e. The number of aliphatic hydroxyl groups is 1. The molecule has 2 N–H and O–H groups in total. The number of allylic oxidation sites excluding steroid dienone is 1. The molecule has 144 valence electrons. The van der Waals surface area contributed by atoms with E-state index >= 15 is 0 Å². The molecule has 5 nitrogen and oxygen atoms in total. The van der Waals surface area contributed by atoms with E-state index in [4.69, 9.17) is 10.00 Å². The fraction of sp³-hybridized carbons (Fsp3) is 0.304. The number of carbonyl (C=O) groups excluding carboxylic acids is 1. The number of hydrogen-bond acceptors (Lipinski definition) is 4. The van der Waals surface area contributed by atoms with Crippen LogP contribution in [0.2, 0.25) is 0 Å². The van der Waals surface area contributed by atoms with Crippen molar-refractivity contribution < 1.29 is 14.6 Å². The zero-order valence-electron chi connectivity index (χ0n) is 16.3. The van der Waals surface area contributed by atoms with Gasteiger partial charge in [0.25, 0.3) is 5.91 Å². The highest BCUT2D eigenvalue weighted by molar-refractivity contribution is 6.07. The Morgan fingerprint density at radius 2 is 1.61 bits per heavy atom. The summed E-state index contributed by atoms with van der Waals surface area (Å²) in [6.07, 6.45) is 1.63. The van der Waals surface area contributed by atoms with E-state index in [-0.39, 0.29) is 22.7 Å². The number of amides is 1. The van der Waals surface area contributed by atoms with Crippen LogP contribution in [0.4, 0.5) is 5.69 Å². The monoisotopic (exact) mass is 376 g/mol. The van der Waals surface area contributed by atoms with Gasteiger partial charge in [-0.15, -0.1) is 0 Å². The molecule has 1 aliphatic carbocycles. The molecule has 0 saturated heterocycles. The van der Waals surface area contributed by atoms with Gasteiger partial charge in [-0.1, -0.05) is 32.9 Å². The maximum absolute atomic E-state index is 12.2. The third kappa shape index (κ3) is 4.72. The molecule has 0 aromatic heterocycles. The number of nitrogens with one attached hydrogen (secondary N) is 1. The first-order valence-corrected chi connectivity index (χ1v) is 9.31. The summed E-state index contributed by atoms with van der Waals surface area (Å²) in [5.74, 6) is 0.602. The van der Waals surface area contributed by atoms with Crippen LogP contribution in [-0.2, 0) is 10.2 Å². The highest BCUT2D eigenvalue weighted by atomic mass is 16.5. The normalized spacial score (nSPS) is 14.6. The third-order valence-corrected chi connectivity index (χ3v) is 4.63. The van der Waals surface area contributed by atoms with E-state index in [0.29, 0.717) is 11.4 Å². The summed E-state index contributed by atoms with van der Waals surface area (Å²) in [6, 6.07) is 16.6. The first kappa shape index (κ1) is 19.5. The number of carbonyl (C=O) groups is 1. The second kappa shape index (κ2) is 7.77. The van der Waals surface area contributed by atoms with Crippen LogP contribution < -0.4 is 10.1 Å². The second-order valence-corrected chi connectivity index (χ2v) is 8.00. The molecule has 28 heavy (non-hydrogen) atoms. The van der Waals surface area contributed by atoms with Crippen molar-refractivity contribution in [2.24, 2.45) is 5.92 Å².